The largest absolute Gasteiger partial charge is 0.410 e. The fraction of sp³-hybridized carbons (Fsp3) is 0.615. The standard InChI is InChI=1S/C13H20N6O3S/c1-13(2,3)9-8(7-23(21)22)10(16-15-9)17-18-11(14-4)12(20)19(5)6/h11H,7H2,1-3,5-6H3,(H,15,16)(H,21,22). The van der Waals surface area contributed by atoms with E-state index in [-0.39, 0.29) is 17.0 Å². The van der Waals surface area contributed by atoms with Crippen LogP contribution in [0.4, 0.5) is 5.82 Å². The molecule has 2 atom stereocenters. The molecule has 2 N–H and O–H groups in total. The van der Waals surface area contributed by atoms with Crippen LogP contribution in [-0.4, -0.2) is 50.0 Å². The van der Waals surface area contributed by atoms with Crippen LogP contribution in [0.2, 0.25) is 0 Å². The summed E-state index contributed by atoms with van der Waals surface area (Å²) in [5, 5.41) is 14.3. The Balaban J connectivity index is 3.20. The molecule has 1 aromatic rings. The topological polar surface area (TPSA) is 115 Å². The van der Waals surface area contributed by atoms with Gasteiger partial charge in [-0.3, -0.25) is 14.7 Å². The van der Waals surface area contributed by atoms with E-state index in [1.54, 1.807) is 0 Å². The van der Waals surface area contributed by atoms with Crippen LogP contribution in [-0.2, 0) is 27.0 Å². The van der Waals surface area contributed by atoms with Crippen molar-refractivity contribution in [1.82, 2.24) is 15.1 Å². The summed E-state index contributed by atoms with van der Waals surface area (Å²) in [5.74, 6) is -0.554. The summed E-state index contributed by atoms with van der Waals surface area (Å²) in [7, 11) is 3.03. The van der Waals surface area contributed by atoms with E-state index >= 15 is 0 Å². The number of H-pyrrole nitrogens is 1. The van der Waals surface area contributed by atoms with Gasteiger partial charge in [0.15, 0.2) is 16.9 Å². The van der Waals surface area contributed by atoms with Crippen molar-refractivity contribution in [2.24, 2.45) is 10.2 Å². The van der Waals surface area contributed by atoms with Crippen LogP contribution in [0.5, 0.6) is 0 Å². The third-order valence-electron chi connectivity index (χ3n) is 2.91. The lowest BCUT2D eigenvalue weighted by Crippen LogP contribution is -2.30. The Morgan fingerprint density at radius 2 is 2.13 bits per heavy atom. The van der Waals surface area contributed by atoms with Gasteiger partial charge in [0, 0.05) is 30.8 Å². The number of carbonyl (C=O) groups excluding carboxylic acids is 1. The van der Waals surface area contributed by atoms with Crippen LogP contribution in [0.15, 0.2) is 10.2 Å². The second kappa shape index (κ2) is 7.43. The molecule has 0 bridgehead atoms. The third-order valence-corrected chi connectivity index (χ3v) is 3.44. The van der Waals surface area contributed by atoms with Gasteiger partial charge in [0.2, 0.25) is 0 Å². The first kappa shape index (κ1) is 18.9. The van der Waals surface area contributed by atoms with Gasteiger partial charge in [-0.1, -0.05) is 25.9 Å². The zero-order valence-electron chi connectivity index (χ0n) is 13.7. The molecule has 1 aromatic heterocycles. The smallest absolute Gasteiger partial charge is 0.340 e. The molecule has 1 rings (SSSR count). The SMILES string of the molecule is [C-]#[N+]C(N=Nc1n[nH]c(C(C)(C)C)c1CS(=O)O)C(=O)N(C)C. The summed E-state index contributed by atoms with van der Waals surface area (Å²) in [6.45, 7) is 12.8. The number of carbonyl (C=O) groups is 1. The first-order valence-electron chi connectivity index (χ1n) is 6.71. The summed E-state index contributed by atoms with van der Waals surface area (Å²) in [6.07, 6.45) is -1.30. The number of aromatic nitrogens is 2. The molecule has 0 aliphatic heterocycles. The van der Waals surface area contributed by atoms with E-state index in [0.717, 1.165) is 0 Å². The molecular formula is C13H20N6O3S. The second-order valence-corrected chi connectivity index (χ2v) is 7.00. The van der Waals surface area contributed by atoms with Gasteiger partial charge in [0.05, 0.1) is 5.75 Å². The van der Waals surface area contributed by atoms with E-state index in [1.165, 1.54) is 19.0 Å². The fourth-order valence-electron chi connectivity index (χ4n) is 1.79. The molecule has 0 radical (unpaired) electrons. The molecule has 0 aromatic carbocycles. The minimum Gasteiger partial charge on any atom is -0.340 e. The van der Waals surface area contributed by atoms with Crippen molar-refractivity contribution < 1.29 is 13.6 Å². The third kappa shape index (κ3) is 4.94. The summed E-state index contributed by atoms with van der Waals surface area (Å²) in [5.41, 5.74) is 0.768. The Morgan fingerprint density at radius 3 is 2.57 bits per heavy atom. The van der Waals surface area contributed by atoms with Crippen LogP contribution in [0.1, 0.15) is 32.0 Å². The lowest BCUT2D eigenvalue weighted by molar-refractivity contribution is -0.129. The molecule has 0 fully saturated rings. The molecule has 0 spiro atoms. The van der Waals surface area contributed by atoms with E-state index in [1.807, 2.05) is 20.8 Å². The molecule has 9 nitrogen and oxygen atoms in total. The number of aromatic amines is 1. The van der Waals surface area contributed by atoms with Gasteiger partial charge < -0.3 is 9.45 Å². The fourth-order valence-corrected chi connectivity index (χ4v) is 2.31. The van der Waals surface area contributed by atoms with Crippen LogP contribution in [0.3, 0.4) is 0 Å². The highest BCUT2D eigenvalue weighted by Crippen LogP contribution is 2.30. The van der Waals surface area contributed by atoms with Crippen molar-refractivity contribution >= 4 is 22.8 Å². The van der Waals surface area contributed by atoms with E-state index in [4.69, 9.17) is 6.57 Å². The van der Waals surface area contributed by atoms with Crippen molar-refractivity contribution in [3.05, 3.63) is 22.7 Å². The zero-order chi connectivity index (χ0) is 17.8. The minimum atomic E-state index is -2.08. The van der Waals surface area contributed by atoms with Crippen molar-refractivity contribution in [2.75, 3.05) is 14.1 Å². The van der Waals surface area contributed by atoms with Gasteiger partial charge in [-0.15, -0.1) is 5.11 Å². The Labute approximate surface area is 137 Å². The van der Waals surface area contributed by atoms with Crippen molar-refractivity contribution in [3.8, 4) is 0 Å². The number of hydrogen-bond donors (Lipinski definition) is 2. The highest BCUT2D eigenvalue weighted by Gasteiger charge is 2.27. The van der Waals surface area contributed by atoms with Gasteiger partial charge in [-0.05, 0) is 0 Å². The molecular weight excluding hydrogens is 320 g/mol. The lowest BCUT2D eigenvalue weighted by Gasteiger charge is -2.17. The van der Waals surface area contributed by atoms with E-state index < -0.39 is 23.2 Å². The quantitative estimate of drug-likeness (QED) is 0.483. The molecule has 0 saturated carbocycles. The Hall–Kier alpha value is -2.12. The Kier molecular flexibility index (Phi) is 6.12. The predicted octanol–water partition coefficient (Wildman–Crippen LogP) is 1.85. The molecule has 2 unspecified atom stereocenters. The van der Waals surface area contributed by atoms with Gasteiger partial charge in [-0.25, -0.2) is 10.8 Å². The molecule has 0 aliphatic rings. The van der Waals surface area contributed by atoms with Gasteiger partial charge in [-0.2, -0.15) is 5.10 Å². The average Bonchev–Trinajstić information content (AvgIpc) is 2.81. The highest BCUT2D eigenvalue weighted by atomic mass is 32.2. The van der Waals surface area contributed by atoms with Gasteiger partial charge in [0.1, 0.15) is 0 Å². The zero-order valence-corrected chi connectivity index (χ0v) is 14.5. The molecule has 126 valence electrons. The van der Waals surface area contributed by atoms with Crippen LogP contribution < -0.4 is 0 Å². The number of likely N-dealkylation sites (N-methyl/N-ethyl adjacent to an activating group) is 1. The predicted molar refractivity (Wildman–Crippen MR) is 85.4 cm³/mol. The molecule has 0 saturated heterocycles. The van der Waals surface area contributed by atoms with Crippen LogP contribution in [0.25, 0.3) is 4.85 Å². The Morgan fingerprint density at radius 1 is 1.52 bits per heavy atom. The first-order valence-corrected chi connectivity index (χ1v) is 7.99. The van der Waals surface area contributed by atoms with Crippen molar-refractivity contribution in [1.29, 1.82) is 0 Å². The van der Waals surface area contributed by atoms with Crippen LogP contribution in [0, 0.1) is 6.57 Å². The second-order valence-electron chi connectivity index (χ2n) is 6.07. The number of amides is 1. The molecule has 23 heavy (non-hydrogen) atoms. The number of azo groups is 1. The van der Waals surface area contributed by atoms with Crippen LogP contribution >= 0.6 is 0 Å². The number of nitrogens with one attached hydrogen (secondary N) is 1. The summed E-state index contributed by atoms with van der Waals surface area (Å²) in [6, 6.07) is 0. The number of hydrogen-bond acceptors (Lipinski definition) is 5. The maximum atomic E-state index is 11.8. The highest BCUT2D eigenvalue weighted by molar-refractivity contribution is 7.78. The molecule has 0 aliphatic carbocycles. The molecule has 10 heteroatoms. The summed E-state index contributed by atoms with van der Waals surface area (Å²) < 4.78 is 20.4. The van der Waals surface area contributed by atoms with Crippen molar-refractivity contribution in [3.63, 3.8) is 0 Å². The maximum absolute atomic E-state index is 11.8. The van der Waals surface area contributed by atoms with E-state index in [0.29, 0.717) is 11.3 Å². The number of rotatable bonds is 5. The molecule has 1 heterocycles. The van der Waals surface area contributed by atoms with Gasteiger partial charge >= 0.3 is 12.1 Å². The average molecular weight is 340 g/mol. The monoisotopic (exact) mass is 340 g/mol. The summed E-state index contributed by atoms with van der Waals surface area (Å²) >= 11 is -2.08. The van der Waals surface area contributed by atoms with E-state index in [2.05, 4.69) is 25.3 Å². The lowest BCUT2D eigenvalue weighted by atomic mass is 9.90. The minimum absolute atomic E-state index is 0.109. The normalized spacial score (nSPS) is 14.5. The first-order chi connectivity index (χ1) is 10.6. The van der Waals surface area contributed by atoms with E-state index in [9.17, 15) is 13.6 Å². The summed E-state index contributed by atoms with van der Waals surface area (Å²) in [4.78, 5) is 16.1. The number of nitrogens with zero attached hydrogens (tertiary/aromatic N) is 5. The molecule has 1 amide bonds. The van der Waals surface area contributed by atoms with Gasteiger partial charge in [0.25, 0.3) is 0 Å². The maximum Gasteiger partial charge on any atom is 0.410 e. The Bertz CT molecular complexity index is 668. The van der Waals surface area contributed by atoms with Crippen molar-refractivity contribution in [2.45, 2.75) is 38.1 Å².